The zero-order valence-corrected chi connectivity index (χ0v) is 17.4. The van der Waals surface area contributed by atoms with Gasteiger partial charge in [-0.1, -0.05) is 13.8 Å². The van der Waals surface area contributed by atoms with Gasteiger partial charge in [-0.3, -0.25) is 4.79 Å². The van der Waals surface area contributed by atoms with Crippen LogP contribution in [0, 0.1) is 11.3 Å². The summed E-state index contributed by atoms with van der Waals surface area (Å²) in [5.41, 5.74) is 2.03. The number of hydrogen-bond donors (Lipinski definition) is 0. The van der Waals surface area contributed by atoms with Crippen molar-refractivity contribution in [2.45, 2.75) is 60.5 Å². The molecule has 0 amide bonds. The maximum Gasteiger partial charge on any atom is 0.311 e. The third-order valence-electron chi connectivity index (χ3n) is 5.35. The number of carbonyl (C=O) groups excluding carboxylic acids is 1. The predicted octanol–water partition coefficient (Wildman–Crippen LogP) is 3.95. The van der Waals surface area contributed by atoms with Gasteiger partial charge in [0.25, 0.3) is 0 Å². The van der Waals surface area contributed by atoms with Gasteiger partial charge in [-0.25, -0.2) is 9.13 Å². The maximum atomic E-state index is 12.3. The summed E-state index contributed by atoms with van der Waals surface area (Å²) in [6.07, 6.45) is 10.1. The van der Waals surface area contributed by atoms with Crippen LogP contribution < -0.4 is 9.13 Å². The highest BCUT2D eigenvalue weighted by atomic mass is 16.5. The second-order valence-corrected chi connectivity index (χ2v) is 7.64. The summed E-state index contributed by atoms with van der Waals surface area (Å²) in [4.78, 5) is 12.3. The number of nitrogens with zero attached hydrogens (tertiary/aromatic N) is 2. The minimum Gasteiger partial charge on any atom is -0.466 e. The van der Waals surface area contributed by atoms with Crippen molar-refractivity contribution in [1.29, 1.82) is 0 Å². The Bertz CT molecular complexity index is 725. The zero-order valence-electron chi connectivity index (χ0n) is 17.4. The van der Waals surface area contributed by atoms with Crippen LogP contribution in [0.4, 0.5) is 0 Å². The monoisotopic (exact) mass is 370 g/mol. The molecule has 146 valence electrons. The van der Waals surface area contributed by atoms with Crippen molar-refractivity contribution in [3.8, 4) is 11.1 Å². The van der Waals surface area contributed by atoms with Gasteiger partial charge in [0, 0.05) is 30.2 Å². The summed E-state index contributed by atoms with van der Waals surface area (Å²) in [5, 5.41) is 0. The quantitative estimate of drug-likeness (QED) is 0.495. The molecule has 0 aromatic carbocycles. The minimum atomic E-state index is -0.408. The lowest BCUT2D eigenvalue weighted by atomic mass is 9.79. The van der Waals surface area contributed by atoms with Gasteiger partial charge < -0.3 is 4.74 Å². The van der Waals surface area contributed by atoms with E-state index in [0.717, 1.165) is 25.9 Å². The predicted molar refractivity (Wildman–Crippen MR) is 107 cm³/mol. The van der Waals surface area contributed by atoms with Gasteiger partial charge in [0.15, 0.2) is 31.3 Å². The number of carbonyl (C=O) groups is 1. The molecule has 0 radical (unpaired) electrons. The van der Waals surface area contributed by atoms with E-state index < -0.39 is 5.41 Å². The van der Waals surface area contributed by atoms with Crippen molar-refractivity contribution in [2.75, 3.05) is 6.61 Å². The summed E-state index contributed by atoms with van der Waals surface area (Å²) in [5.74, 6) is 0.309. The van der Waals surface area contributed by atoms with Crippen LogP contribution in [0.3, 0.4) is 0 Å². The number of aromatic nitrogens is 2. The molecular weight excluding hydrogens is 336 g/mol. The Kier molecular flexibility index (Phi) is 7.52. The number of rotatable bonds is 9. The molecule has 2 atom stereocenters. The Morgan fingerprint density at radius 2 is 1.52 bits per heavy atom. The highest BCUT2D eigenvalue weighted by Gasteiger charge is 2.35. The molecule has 0 aliphatic carbocycles. The SMILES string of the molecule is CCOC(=O)C(C)(CC)CC(C)C[n+]1ccc(-c2cc[n+](CC)cc2)cc1. The second-order valence-electron chi connectivity index (χ2n) is 7.64. The smallest absolute Gasteiger partial charge is 0.311 e. The molecule has 4 nitrogen and oxygen atoms in total. The first-order valence-corrected chi connectivity index (χ1v) is 10.1. The summed E-state index contributed by atoms with van der Waals surface area (Å²) in [7, 11) is 0. The Morgan fingerprint density at radius 1 is 1.00 bits per heavy atom. The van der Waals surface area contributed by atoms with Crippen molar-refractivity contribution in [2.24, 2.45) is 11.3 Å². The lowest BCUT2D eigenvalue weighted by Crippen LogP contribution is -2.39. The van der Waals surface area contributed by atoms with Gasteiger partial charge in [-0.05, 0) is 44.7 Å². The van der Waals surface area contributed by atoms with Crippen molar-refractivity contribution in [3.05, 3.63) is 49.1 Å². The number of pyridine rings is 2. The highest BCUT2D eigenvalue weighted by Crippen LogP contribution is 2.31. The second kappa shape index (κ2) is 9.63. The molecule has 0 aliphatic rings. The molecule has 0 bridgehead atoms. The van der Waals surface area contributed by atoms with Crippen LogP contribution in [0.1, 0.15) is 47.5 Å². The van der Waals surface area contributed by atoms with E-state index in [4.69, 9.17) is 4.74 Å². The first kappa shape index (κ1) is 21.1. The molecule has 4 heteroatoms. The van der Waals surface area contributed by atoms with Crippen molar-refractivity contribution in [3.63, 3.8) is 0 Å². The fourth-order valence-electron chi connectivity index (χ4n) is 3.50. The van der Waals surface area contributed by atoms with Crippen LogP contribution in [0.2, 0.25) is 0 Å². The molecule has 0 saturated carbocycles. The Morgan fingerprint density at radius 3 is 1.96 bits per heavy atom. The van der Waals surface area contributed by atoms with Crippen LogP contribution in [-0.2, 0) is 22.6 Å². The van der Waals surface area contributed by atoms with Crippen LogP contribution in [0.15, 0.2) is 49.1 Å². The fourth-order valence-corrected chi connectivity index (χ4v) is 3.50. The molecule has 0 fully saturated rings. The van der Waals surface area contributed by atoms with Gasteiger partial charge in [0.05, 0.1) is 12.0 Å². The van der Waals surface area contributed by atoms with Gasteiger partial charge in [-0.15, -0.1) is 0 Å². The normalized spacial score (nSPS) is 14.4. The van der Waals surface area contributed by atoms with Gasteiger partial charge in [0.1, 0.15) is 6.54 Å². The molecule has 2 heterocycles. The number of hydrogen-bond acceptors (Lipinski definition) is 2. The number of aryl methyl sites for hydroxylation is 1. The zero-order chi connectivity index (χ0) is 19.9. The average molecular weight is 371 g/mol. The Labute approximate surface area is 163 Å². The Hall–Kier alpha value is -2.23. The van der Waals surface area contributed by atoms with Gasteiger partial charge in [0.2, 0.25) is 0 Å². The van der Waals surface area contributed by atoms with E-state index in [1.807, 2.05) is 13.8 Å². The highest BCUT2D eigenvalue weighted by molar-refractivity contribution is 5.76. The van der Waals surface area contributed by atoms with E-state index in [1.165, 1.54) is 11.1 Å². The van der Waals surface area contributed by atoms with Crippen LogP contribution in [-0.4, -0.2) is 12.6 Å². The van der Waals surface area contributed by atoms with E-state index in [9.17, 15) is 4.79 Å². The molecule has 0 saturated heterocycles. The van der Waals surface area contributed by atoms with Crippen molar-refractivity contribution < 1.29 is 18.7 Å². The molecule has 0 spiro atoms. The minimum absolute atomic E-state index is 0.0758. The first-order valence-electron chi connectivity index (χ1n) is 10.1. The molecule has 27 heavy (non-hydrogen) atoms. The molecule has 0 N–H and O–H groups in total. The van der Waals surface area contributed by atoms with Crippen LogP contribution in [0.5, 0.6) is 0 Å². The lowest BCUT2D eigenvalue weighted by molar-refractivity contribution is -0.703. The molecule has 2 aromatic rings. The topological polar surface area (TPSA) is 34.1 Å². The van der Waals surface area contributed by atoms with Crippen molar-refractivity contribution >= 4 is 5.97 Å². The number of esters is 1. The van der Waals surface area contributed by atoms with E-state index in [1.54, 1.807) is 0 Å². The van der Waals surface area contributed by atoms with E-state index in [-0.39, 0.29) is 5.97 Å². The summed E-state index contributed by atoms with van der Waals surface area (Å²) >= 11 is 0. The maximum absolute atomic E-state index is 12.3. The third-order valence-corrected chi connectivity index (χ3v) is 5.35. The van der Waals surface area contributed by atoms with Gasteiger partial charge >= 0.3 is 5.97 Å². The summed E-state index contributed by atoms with van der Waals surface area (Å²) in [6, 6.07) is 8.61. The lowest BCUT2D eigenvalue weighted by Gasteiger charge is -2.27. The largest absolute Gasteiger partial charge is 0.466 e. The Balaban J connectivity index is 2.01. The van der Waals surface area contributed by atoms with Gasteiger partial charge in [-0.2, -0.15) is 0 Å². The number of ether oxygens (including phenoxy) is 1. The molecule has 0 aliphatic heterocycles. The molecule has 2 rings (SSSR count). The first-order chi connectivity index (χ1) is 12.9. The third kappa shape index (κ3) is 5.62. The van der Waals surface area contributed by atoms with Crippen LogP contribution >= 0.6 is 0 Å². The van der Waals surface area contributed by atoms with E-state index in [0.29, 0.717) is 12.5 Å². The molecular formula is C23H34N2O2+2. The molecule has 2 aromatic heterocycles. The van der Waals surface area contributed by atoms with E-state index in [2.05, 4.69) is 79.0 Å². The standard InChI is InChI=1S/C23H34N2O2/c1-6-23(5,22(26)27-8-3)17-19(4)18-25-15-11-21(12-16-25)20-9-13-24(7-2)14-10-20/h9-16,19H,6-8,17-18H2,1-5H3/q+2. The van der Waals surface area contributed by atoms with E-state index >= 15 is 0 Å². The van der Waals surface area contributed by atoms with Crippen molar-refractivity contribution in [1.82, 2.24) is 0 Å². The average Bonchev–Trinajstić information content (AvgIpc) is 2.68. The van der Waals surface area contributed by atoms with Crippen LogP contribution in [0.25, 0.3) is 11.1 Å². The molecule has 2 unspecified atom stereocenters. The fraction of sp³-hybridized carbons (Fsp3) is 0.522. The summed E-state index contributed by atoms with van der Waals surface area (Å²) < 4.78 is 9.64. The summed E-state index contributed by atoms with van der Waals surface area (Å²) in [6.45, 7) is 12.6.